The molecule has 1 aromatic heterocycles. The molecular weight excluding hydrogens is 374 g/mol. The van der Waals surface area contributed by atoms with Crippen molar-refractivity contribution < 1.29 is 27.8 Å². The van der Waals surface area contributed by atoms with Crippen molar-refractivity contribution in [3.8, 4) is 11.6 Å². The lowest BCUT2D eigenvalue weighted by molar-refractivity contribution is 0.121. The Hall–Kier alpha value is -3.37. The van der Waals surface area contributed by atoms with Gasteiger partial charge in [0.15, 0.2) is 5.88 Å². The lowest BCUT2D eigenvalue weighted by atomic mass is 10.1. The Morgan fingerprint density at radius 2 is 1.93 bits per heavy atom. The molecule has 1 heterocycles. The minimum absolute atomic E-state index is 0.0269. The zero-order valence-electron chi connectivity index (χ0n) is 14.0. The fourth-order valence-corrected chi connectivity index (χ4v) is 2.89. The number of carbonyl (C=O) groups excluding carboxylic acids is 1. The normalized spacial score (nSPS) is 11.8. The van der Waals surface area contributed by atoms with Crippen molar-refractivity contribution in [3.63, 3.8) is 0 Å². The Morgan fingerprint density at radius 3 is 2.56 bits per heavy atom. The summed E-state index contributed by atoms with van der Waals surface area (Å²) in [5.41, 5.74) is 1.43. The lowest BCUT2D eigenvalue weighted by Crippen LogP contribution is -2.11. The molecule has 4 N–H and O–H groups in total. The molecule has 0 saturated heterocycles. The monoisotopic (exact) mass is 389 g/mol. The number of rotatable bonds is 4. The SMILES string of the molecule is COC(=O)Oc1ccc2[nH]c(O)c(C=Nc3ccc(S(N)(=O)=O)cc3)c2c1. The highest BCUT2D eigenvalue weighted by atomic mass is 32.2. The summed E-state index contributed by atoms with van der Waals surface area (Å²) in [4.78, 5) is 18.2. The van der Waals surface area contributed by atoms with E-state index in [1.165, 1.54) is 37.6 Å². The highest BCUT2D eigenvalue weighted by Gasteiger charge is 2.12. The number of sulfonamides is 1. The third kappa shape index (κ3) is 4.07. The summed E-state index contributed by atoms with van der Waals surface area (Å²) in [6.45, 7) is 0. The number of aromatic nitrogens is 1. The number of hydrogen-bond acceptors (Lipinski definition) is 7. The molecule has 10 heteroatoms. The van der Waals surface area contributed by atoms with Crippen molar-refractivity contribution in [1.82, 2.24) is 4.98 Å². The van der Waals surface area contributed by atoms with E-state index < -0.39 is 16.2 Å². The molecule has 27 heavy (non-hydrogen) atoms. The minimum atomic E-state index is -3.78. The van der Waals surface area contributed by atoms with Gasteiger partial charge in [-0.1, -0.05) is 0 Å². The van der Waals surface area contributed by atoms with Crippen LogP contribution in [0.3, 0.4) is 0 Å². The van der Waals surface area contributed by atoms with Crippen LogP contribution in [-0.4, -0.2) is 38.0 Å². The molecule has 0 atom stereocenters. The number of nitrogens with zero attached hydrogens (tertiary/aromatic N) is 1. The summed E-state index contributed by atoms with van der Waals surface area (Å²) in [5.74, 6) is 0.116. The number of aromatic amines is 1. The van der Waals surface area contributed by atoms with Crippen LogP contribution in [0.4, 0.5) is 10.5 Å². The summed E-state index contributed by atoms with van der Waals surface area (Å²) < 4.78 is 32.0. The van der Waals surface area contributed by atoms with E-state index in [4.69, 9.17) is 9.88 Å². The Kier molecular flexibility index (Phi) is 4.84. The third-order valence-corrected chi connectivity index (χ3v) is 4.59. The first-order valence-electron chi connectivity index (χ1n) is 7.55. The Balaban J connectivity index is 1.93. The molecule has 0 amide bonds. The number of hydrogen-bond donors (Lipinski definition) is 3. The molecule has 0 radical (unpaired) electrons. The zero-order valence-corrected chi connectivity index (χ0v) is 14.9. The standard InChI is InChI=1S/C17H15N3O6S/c1-25-17(22)26-11-4-7-15-13(8-11)14(16(21)20-15)9-19-10-2-5-12(6-3-10)27(18,23)24/h2-9,20-21H,1H3,(H2,18,23,24). The van der Waals surface area contributed by atoms with Crippen LogP contribution >= 0.6 is 0 Å². The van der Waals surface area contributed by atoms with Gasteiger partial charge in [0.05, 0.1) is 23.3 Å². The van der Waals surface area contributed by atoms with Crippen LogP contribution in [0.25, 0.3) is 10.9 Å². The highest BCUT2D eigenvalue weighted by Crippen LogP contribution is 2.29. The van der Waals surface area contributed by atoms with Crippen molar-refractivity contribution >= 4 is 39.0 Å². The van der Waals surface area contributed by atoms with E-state index in [0.29, 0.717) is 22.2 Å². The molecule has 2 aromatic carbocycles. The van der Waals surface area contributed by atoms with Gasteiger partial charge in [-0.15, -0.1) is 0 Å². The predicted molar refractivity (Wildman–Crippen MR) is 98.1 cm³/mol. The molecule has 0 aliphatic rings. The van der Waals surface area contributed by atoms with Crippen LogP contribution in [0.2, 0.25) is 0 Å². The molecule has 0 spiro atoms. The van der Waals surface area contributed by atoms with Gasteiger partial charge in [0.25, 0.3) is 0 Å². The fraction of sp³-hybridized carbons (Fsp3) is 0.0588. The van der Waals surface area contributed by atoms with Gasteiger partial charge in [-0.25, -0.2) is 18.4 Å². The minimum Gasteiger partial charge on any atom is -0.494 e. The van der Waals surface area contributed by atoms with E-state index in [0.717, 1.165) is 0 Å². The Morgan fingerprint density at radius 1 is 1.22 bits per heavy atom. The zero-order chi connectivity index (χ0) is 19.6. The van der Waals surface area contributed by atoms with E-state index in [-0.39, 0.29) is 16.5 Å². The molecule has 9 nitrogen and oxygen atoms in total. The quantitative estimate of drug-likeness (QED) is 0.355. The Bertz CT molecular complexity index is 1130. The lowest BCUT2D eigenvalue weighted by Gasteiger charge is -2.02. The predicted octanol–water partition coefficient (Wildman–Crippen LogP) is 2.42. The van der Waals surface area contributed by atoms with Crippen molar-refractivity contribution in [1.29, 1.82) is 0 Å². The average molecular weight is 389 g/mol. The molecule has 0 unspecified atom stereocenters. The van der Waals surface area contributed by atoms with Crippen LogP contribution < -0.4 is 9.88 Å². The topological polar surface area (TPSA) is 144 Å². The largest absolute Gasteiger partial charge is 0.513 e. The van der Waals surface area contributed by atoms with E-state index in [9.17, 15) is 18.3 Å². The van der Waals surface area contributed by atoms with Gasteiger partial charge >= 0.3 is 6.16 Å². The number of benzene rings is 2. The number of aromatic hydroxyl groups is 1. The summed E-state index contributed by atoms with van der Waals surface area (Å²) in [5, 5.41) is 15.7. The van der Waals surface area contributed by atoms with Gasteiger partial charge in [0.2, 0.25) is 10.0 Å². The number of nitrogens with one attached hydrogen (secondary N) is 1. The van der Waals surface area contributed by atoms with Crippen molar-refractivity contribution in [2.75, 3.05) is 7.11 Å². The van der Waals surface area contributed by atoms with Crippen molar-refractivity contribution in [2.24, 2.45) is 10.1 Å². The molecule has 0 aliphatic heterocycles. The smallest absolute Gasteiger partial charge is 0.494 e. The van der Waals surface area contributed by atoms with E-state index >= 15 is 0 Å². The van der Waals surface area contributed by atoms with E-state index in [2.05, 4.69) is 14.7 Å². The molecular formula is C17H15N3O6S. The summed E-state index contributed by atoms with van der Waals surface area (Å²) in [7, 11) is -2.58. The van der Waals surface area contributed by atoms with Crippen LogP contribution in [0.5, 0.6) is 11.6 Å². The number of primary sulfonamides is 1. The first-order valence-corrected chi connectivity index (χ1v) is 9.10. The van der Waals surface area contributed by atoms with Gasteiger partial charge in [-0.2, -0.15) is 0 Å². The van der Waals surface area contributed by atoms with Gasteiger partial charge in [-0.3, -0.25) is 4.99 Å². The molecule has 140 valence electrons. The highest BCUT2D eigenvalue weighted by molar-refractivity contribution is 7.89. The van der Waals surface area contributed by atoms with Crippen LogP contribution in [0.15, 0.2) is 52.4 Å². The number of nitrogens with two attached hydrogens (primary N) is 1. The van der Waals surface area contributed by atoms with Crippen molar-refractivity contribution in [3.05, 3.63) is 48.0 Å². The molecule has 3 rings (SSSR count). The maximum atomic E-state index is 11.3. The van der Waals surface area contributed by atoms with Gasteiger partial charge < -0.3 is 19.6 Å². The fourth-order valence-electron chi connectivity index (χ4n) is 2.37. The maximum Gasteiger partial charge on any atom is 0.513 e. The second-order valence-electron chi connectivity index (χ2n) is 5.45. The van der Waals surface area contributed by atoms with Crippen molar-refractivity contribution in [2.45, 2.75) is 4.90 Å². The molecule has 0 aliphatic carbocycles. The van der Waals surface area contributed by atoms with Crippen LogP contribution in [-0.2, 0) is 14.8 Å². The first-order chi connectivity index (χ1) is 12.8. The average Bonchev–Trinajstić information content (AvgIpc) is 2.94. The summed E-state index contributed by atoms with van der Waals surface area (Å²) >= 11 is 0. The molecule has 3 aromatic rings. The van der Waals surface area contributed by atoms with Crippen LogP contribution in [0, 0.1) is 0 Å². The summed E-state index contributed by atoms with van der Waals surface area (Å²) in [6.07, 6.45) is 0.543. The molecule has 0 fully saturated rings. The Labute approximate surface area is 154 Å². The van der Waals surface area contributed by atoms with E-state index in [1.54, 1.807) is 18.2 Å². The van der Waals surface area contributed by atoms with Gasteiger partial charge in [0, 0.05) is 17.1 Å². The maximum absolute atomic E-state index is 11.3. The molecule has 0 bridgehead atoms. The number of carbonyl (C=O) groups is 1. The first kappa shape index (κ1) is 18.4. The third-order valence-electron chi connectivity index (χ3n) is 3.67. The number of H-pyrrole nitrogens is 1. The number of methoxy groups -OCH3 is 1. The van der Waals surface area contributed by atoms with Gasteiger partial charge in [-0.05, 0) is 42.5 Å². The molecule has 0 saturated carbocycles. The number of aliphatic imine (C=N–C) groups is 1. The number of fused-ring (bicyclic) bond motifs is 1. The summed E-state index contributed by atoms with van der Waals surface area (Å²) in [6, 6.07) is 10.3. The van der Waals surface area contributed by atoms with E-state index in [1.807, 2.05) is 0 Å². The number of ether oxygens (including phenoxy) is 2. The van der Waals surface area contributed by atoms with Crippen LogP contribution in [0.1, 0.15) is 5.56 Å². The second-order valence-corrected chi connectivity index (χ2v) is 7.01. The van der Waals surface area contributed by atoms with Gasteiger partial charge in [0.1, 0.15) is 5.75 Å². The second kappa shape index (κ2) is 7.09.